The highest BCUT2D eigenvalue weighted by Crippen LogP contribution is 2.17. The van der Waals surface area contributed by atoms with E-state index in [2.05, 4.69) is 20.4 Å². The molecule has 0 radical (unpaired) electrons. The van der Waals surface area contributed by atoms with Crippen molar-refractivity contribution in [1.29, 1.82) is 0 Å². The molecule has 1 atom stereocenters. The number of pyridine rings is 1. The zero-order valence-corrected chi connectivity index (χ0v) is 9.61. The highest BCUT2D eigenvalue weighted by Gasteiger charge is 2.12. The van der Waals surface area contributed by atoms with Crippen LogP contribution in [0.15, 0.2) is 42.6 Å². The monoisotopic (exact) mass is 240 g/mol. The largest absolute Gasteiger partial charge is 0.386 e. The van der Waals surface area contributed by atoms with Crippen LogP contribution in [0.1, 0.15) is 17.5 Å². The Labute approximate surface area is 103 Å². The van der Waals surface area contributed by atoms with Gasteiger partial charge in [-0.25, -0.2) is 0 Å². The van der Waals surface area contributed by atoms with Gasteiger partial charge in [-0.15, -0.1) is 0 Å². The minimum atomic E-state index is -0.683. The number of hydrogen-bond donors (Lipinski definition) is 2. The maximum atomic E-state index is 9.97. The van der Waals surface area contributed by atoms with Crippen LogP contribution in [0.3, 0.4) is 0 Å². The second kappa shape index (κ2) is 4.54. The summed E-state index contributed by atoms with van der Waals surface area (Å²) in [5, 5.41) is 21.1. The van der Waals surface area contributed by atoms with Crippen molar-refractivity contribution in [2.45, 2.75) is 12.5 Å². The minimum absolute atomic E-state index is 0.428. The molecule has 0 aliphatic rings. The fourth-order valence-electron chi connectivity index (χ4n) is 1.90. The smallest absolute Gasteiger partial charge is 0.111 e. The standard InChI is InChI=1S/C13H12N4O/c18-13(12-8-14-17-16-12)7-10-6-5-9-3-1-2-4-11(9)15-10/h1-6,8,13,18H,7H2,(H,14,16,17). The zero-order valence-electron chi connectivity index (χ0n) is 9.61. The topological polar surface area (TPSA) is 74.7 Å². The maximum Gasteiger partial charge on any atom is 0.111 e. The summed E-state index contributed by atoms with van der Waals surface area (Å²) in [6.07, 6.45) is 1.26. The van der Waals surface area contributed by atoms with Crippen LogP contribution in [0.4, 0.5) is 0 Å². The van der Waals surface area contributed by atoms with E-state index in [9.17, 15) is 5.11 Å². The Bertz CT molecular complexity index is 651. The van der Waals surface area contributed by atoms with Crippen molar-refractivity contribution in [1.82, 2.24) is 20.4 Å². The van der Waals surface area contributed by atoms with Crippen LogP contribution in [-0.4, -0.2) is 25.5 Å². The quantitative estimate of drug-likeness (QED) is 0.729. The highest BCUT2D eigenvalue weighted by atomic mass is 16.3. The second-order valence-electron chi connectivity index (χ2n) is 4.11. The van der Waals surface area contributed by atoms with Crippen LogP contribution in [0, 0.1) is 0 Å². The molecule has 0 bridgehead atoms. The van der Waals surface area contributed by atoms with Gasteiger partial charge in [0.05, 0.1) is 11.7 Å². The molecule has 2 N–H and O–H groups in total. The maximum absolute atomic E-state index is 9.97. The molecule has 2 aromatic heterocycles. The fraction of sp³-hybridized carbons (Fsp3) is 0.154. The molecule has 3 rings (SSSR count). The van der Waals surface area contributed by atoms with Gasteiger partial charge >= 0.3 is 0 Å². The summed E-state index contributed by atoms with van der Waals surface area (Å²) < 4.78 is 0. The summed E-state index contributed by atoms with van der Waals surface area (Å²) in [4.78, 5) is 4.51. The lowest BCUT2D eigenvalue weighted by atomic mass is 10.1. The van der Waals surface area contributed by atoms with Crippen LogP contribution in [-0.2, 0) is 6.42 Å². The van der Waals surface area contributed by atoms with E-state index >= 15 is 0 Å². The molecule has 3 aromatic rings. The third kappa shape index (κ3) is 2.08. The van der Waals surface area contributed by atoms with Gasteiger partial charge in [0.1, 0.15) is 11.8 Å². The predicted octanol–water partition coefficient (Wildman–Crippen LogP) is 1.63. The Balaban J connectivity index is 1.86. The molecule has 5 nitrogen and oxygen atoms in total. The summed E-state index contributed by atoms with van der Waals surface area (Å²) in [5.74, 6) is 0. The summed E-state index contributed by atoms with van der Waals surface area (Å²) in [5.41, 5.74) is 2.30. The molecule has 2 heterocycles. The molecule has 1 aromatic carbocycles. The number of para-hydroxylation sites is 1. The van der Waals surface area contributed by atoms with E-state index in [0.29, 0.717) is 12.1 Å². The first-order valence-electron chi connectivity index (χ1n) is 5.71. The molecular formula is C13H12N4O. The van der Waals surface area contributed by atoms with Crippen molar-refractivity contribution in [2.75, 3.05) is 0 Å². The van der Waals surface area contributed by atoms with Crippen LogP contribution in [0.2, 0.25) is 0 Å². The van der Waals surface area contributed by atoms with Gasteiger partial charge in [-0.2, -0.15) is 15.4 Å². The first kappa shape index (κ1) is 10.9. The van der Waals surface area contributed by atoms with Gasteiger partial charge in [-0.05, 0) is 12.1 Å². The van der Waals surface area contributed by atoms with E-state index in [0.717, 1.165) is 16.6 Å². The van der Waals surface area contributed by atoms with Crippen molar-refractivity contribution in [3.63, 3.8) is 0 Å². The Morgan fingerprint density at radius 2 is 2.06 bits per heavy atom. The van der Waals surface area contributed by atoms with Crippen LogP contribution in [0.5, 0.6) is 0 Å². The molecule has 0 aliphatic carbocycles. The molecule has 0 fully saturated rings. The van der Waals surface area contributed by atoms with E-state index in [1.165, 1.54) is 6.20 Å². The number of aliphatic hydroxyl groups excluding tert-OH is 1. The third-order valence-corrected chi connectivity index (χ3v) is 2.83. The number of H-pyrrole nitrogens is 1. The molecule has 0 amide bonds. The van der Waals surface area contributed by atoms with Gasteiger partial charge in [0.25, 0.3) is 0 Å². The summed E-state index contributed by atoms with van der Waals surface area (Å²) in [6, 6.07) is 11.8. The first-order chi connectivity index (χ1) is 8.83. The Kier molecular flexibility index (Phi) is 2.74. The van der Waals surface area contributed by atoms with Crippen LogP contribution in [0.25, 0.3) is 10.9 Å². The molecule has 0 aliphatic heterocycles. The number of nitrogens with one attached hydrogen (secondary N) is 1. The SMILES string of the molecule is OC(Cc1ccc2ccccc2n1)c1cn[nH]n1. The second-order valence-corrected chi connectivity index (χ2v) is 4.11. The number of hydrogen-bond acceptors (Lipinski definition) is 4. The van der Waals surface area contributed by atoms with Gasteiger partial charge in [-0.1, -0.05) is 24.3 Å². The lowest BCUT2D eigenvalue weighted by Crippen LogP contribution is -2.04. The first-order valence-corrected chi connectivity index (χ1v) is 5.71. The van der Waals surface area contributed by atoms with Crippen molar-refractivity contribution in [2.24, 2.45) is 0 Å². The lowest BCUT2D eigenvalue weighted by Gasteiger charge is -2.07. The number of rotatable bonds is 3. The van der Waals surface area contributed by atoms with E-state index in [1.54, 1.807) is 0 Å². The number of aliphatic hydroxyl groups is 1. The minimum Gasteiger partial charge on any atom is -0.386 e. The molecule has 0 spiro atoms. The third-order valence-electron chi connectivity index (χ3n) is 2.83. The molecule has 0 saturated heterocycles. The summed E-state index contributed by atoms with van der Waals surface area (Å²) in [7, 11) is 0. The van der Waals surface area contributed by atoms with Crippen LogP contribution < -0.4 is 0 Å². The Morgan fingerprint density at radius 3 is 2.89 bits per heavy atom. The predicted molar refractivity (Wildman–Crippen MR) is 66.8 cm³/mol. The van der Waals surface area contributed by atoms with Crippen molar-refractivity contribution in [3.8, 4) is 0 Å². The zero-order chi connectivity index (χ0) is 12.4. The molecule has 90 valence electrons. The van der Waals surface area contributed by atoms with E-state index in [-0.39, 0.29) is 0 Å². The van der Waals surface area contributed by atoms with E-state index in [1.807, 2.05) is 36.4 Å². The molecule has 0 saturated carbocycles. The highest BCUT2D eigenvalue weighted by molar-refractivity contribution is 5.78. The van der Waals surface area contributed by atoms with Crippen molar-refractivity contribution < 1.29 is 5.11 Å². The van der Waals surface area contributed by atoms with E-state index < -0.39 is 6.10 Å². The van der Waals surface area contributed by atoms with Crippen molar-refractivity contribution in [3.05, 3.63) is 54.0 Å². The number of aromatic amines is 1. The average Bonchev–Trinajstić information content (AvgIpc) is 2.92. The van der Waals surface area contributed by atoms with Crippen LogP contribution >= 0.6 is 0 Å². The van der Waals surface area contributed by atoms with Crippen molar-refractivity contribution >= 4 is 10.9 Å². The molecule has 18 heavy (non-hydrogen) atoms. The molecule has 1 unspecified atom stereocenters. The fourth-order valence-corrected chi connectivity index (χ4v) is 1.90. The summed E-state index contributed by atoms with van der Waals surface area (Å²) >= 11 is 0. The number of aromatic nitrogens is 4. The van der Waals surface area contributed by atoms with Gasteiger partial charge in [0.15, 0.2) is 0 Å². The average molecular weight is 240 g/mol. The number of nitrogens with zero attached hydrogens (tertiary/aromatic N) is 3. The Morgan fingerprint density at radius 1 is 1.17 bits per heavy atom. The number of benzene rings is 1. The van der Waals surface area contributed by atoms with Gasteiger partial charge in [-0.3, -0.25) is 4.98 Å². The van der Waals surface area contributed by atoms with Gasteiger partial charge in [0, 0.05) is 17.5 Å². The normalized spacial score (nSPS) is 12.7. The van der Waals surface area contributed by atoms with Gasteiger partial charge < -0.3 is 5.11 Å². The Hall–Kier alpha value is -2.27. The number of fused-ring (bicyclic) bond motifs is 1. The van der Waals surface area contributed by atoms with E-state index in [4.69, 9.17) is 0 Å². The molecule has 5 heteroatoms. The van der Waals surface area contributed by atoms with Gasteiger partial charge in [0.2, 0.25) is 0 Å². The lowest BCUT2D eigenvalue weighted by molar-refractivity contribution is 0.172. The summed E-state index contributed by atoms with van der Waals surface area (Å²) in [6.45, 7) is 0. The molecular weight excluding hydrogens is 228 g/mol.